The SMILES string of the molecule is Cc1ccc(C(CC(=O)O)N2CC(S)CC2=O)cc1. The van der Waals surface area contributed by atoms with Crippen LogP contribution in [0.4, 0.5) is 0 Å². The Labute approximate surface area is 117 Å². The molecule has 0 radical (unpaired) electrons. The Morgan fingerprint density at radius 2 is 2.11 bits per heavy atom. The van der Waals surface area contributed by atoms with E-state index >= 15 is 0 Å². The third-order valence-electron chi connectivity index (χ3n) is 3.34. The van der Waals surface area contributed by atoms with E-state index in [0.717, 1.165) is 11.1 Å². The second kappa shape index (κ2) is 5.65. The Balaban J connectivity index is 2.28. The smallest absolute Gasteiger partial charge is 0.305 e. The van der Waals surface area contributed by atoms with E-state index in [9.17, 15) is 9.59 Å². The molecule has 0 aliphatic carbocycles. The number of thiol groups is 1. The van der Waals surface area contributed by atoms with Gasteiger partial charge < -0.3 is 10.0 Å². The molecule has 1 aliphatic heterocycles. The van der Waals surface area contributed by atoms with Crippen LogP contribution in [-0.2, 0) is 9.59 Å². The van der Waals surface area contributed by atoms with Gasteiger partial charge in [0.25, 0.3) is 0 Å². The summed E-state index contributed by atoms with van der Waals surface area (Å²) in [5, 5.41) is 9.05. The minimum atomic E-state index is -0.902. The van der Waals surface area contributed by atoms with E-state index in [4.69, 9.17) is 5.11 Å². The molecule has 4 nitrogen and oxygen atoms in total. The minimum Gasteiger partial charge on any atom is -0.481 e. The van der Waals surface area contributed by atoms with Crippen LogP contribution in [0.25, 0.3) is 0 Å². The second-order valence-electron chi connectivity index (χ2n) is 4.93. The summed E-state index contributed by atoms with van der Waals surface area (Å²) in [4.78, 5) is 24.6. The zero-order valence-electron chi connectivity index (χ0n) is 10.7. The van der Waals surface area contributed by atoms with Gasteiger partial charge in [-0.3, -0.25) is 9.59 Å². The molecule has 0 bridgehead atoms. The van der Waals surface area contributed by atoms with E-state index in [0.29, 0.717) is 13.0 Å². The number of rotatable bonds is 4. The Morgan fingerprint density at radius 1 is 1.47 bits per heavy atom. The van der Waals surface area contributed by atoms with E-state index in [2.05, 4.69) is 12.6 Å². The normalized spacial score (nSPS) is 20.6. The maximum atomic E-state index is 11.9. The lowest BCUT2D eigenvalue weighted by molar-refractivity contribution is -0.139. The topological polar surface area (TPSA) is 57.6 Å². The number of benzene rings is 1. The number of carbonyl (C=O) groups excluding carboxylic acids is 1. The summed E-state index contributed by atoms with van der Waals surface area (Å²) in [7, 11) is 0. The highest BCUT2D eigenvalue weighted by molar-refractivity contribution is 7.81. The predicted molar refractivity (Wildman–Crippen MR) is 75.3 cm³/mol. The summed E-state index contributed by atoms with van der Waals surface area (Å²) in [5.41, 5.74) is 1.97. The number of amides is 1. The molecule has 2 rings (SSSR count). The first-order valence-corrected chi connectivity index (χ1v) is 6.75. The predicted octanol–water partition coefficient (Wildman–Crippen LogP) is 2.04. The lowest BCUT2D eigenvalue weighted by atomic mass is 10.0. The Morgan fingerprint density at radius 3 is 2.58 bits per heavy atom. The van der Waals surface area contributed by atoms with Gasteiger partial charge in [0.15, 0.2) is 0 Å². The van der Waals surface area contributed by atoms with E-state index in [1.807, 2.05) is 31.2 Å². The molecule has 1 saturated heterocycles. The fourth-order valence-corrected chi connectivity index (χ4v) is 2.71. The lowest BCUT2D eigenvalue weighted by Gasteiger charge is -2.27. The molecule has 2 atom stereocenters. The van der Waals surface area contributed by atoms with Gasteiger partial charge in [-0.1, -0.05) is 29.8 Å². The number of hydrogen-bond donors (Lipinski definition) is 2. The average molecular weight is 279 g/mol. The van der Waals surface area contributed by atoms with Crippen molar-refractivity contribution in [1.29, 1.82) is 0 Å². The van der Waals surface area contributed by atoms with Crippen LogP contribution < -0.4 is 0 Å². The van der Waals surface area contributed by atoms with Crippen molar-refractivity contribution < 1.29 is 14.7 Å². The van der Waals surface area contributed by atoms with Gasteiger partial charge in [-0.2, -0.15) is 12.6 Å². The van der Waals surface area contributed by atoms with Crippen LogP contribution in [0.3, 0.4) is 0 Å². The van der Waals surface area contributed by atoms with Gasteiger partial charge in [0.2, 0.25) is 5.91 Å². The van der Waals surface area contributed by atoms with Crippen LogP contribution in [0.1, 0.15) is 30.0 Å². The van der Waals surface area contributed by atoms with E-state index in [-0.39, 0.29) is 17.6 Å². The third-order valence-corrected chi connectivity index (χ3v) is 3.69. The zero-order valence-corrected chi connectivity index (χ0v) is 11.6. The number of aryl methyl sites for hydroxylation is 1. The number of likely N-dealkylation sites (tertiary alicyclic amines) is 1. The molecule has 1 fully saturated rings. The van der Waals surface area contributed by atoms with Crippen LogP contribution in [0.15, 0.2) is 24.3 Å². The molecule has 2 unspecified atom stereocenters. The first-order valence-electron chi connectivity index (χ1n) is 6.23. The van der Waals surface area contributed by atoms with Crippen molar-refractivity contribution in [3.8, 4) is 0 Å². The van der Waals surface area contributed by atoms with Crippen molar-refractivity contribution in [1.82, 2.24) is 4.90 Å². The van der Waals surface area contributed by atoms with Gasteiger partial charge in [-0.15, -0.1) is 0 Å². The van der Waals surface area contributed by atoms with Gasteiger partial charge in [0, 0.05) is 18.2 Å². The first kappa shape index (κ1) is 13.9. The van der Waals surface area contributed by atoms with E-state index < -0.39 is 12.0 Å². The zero-order chi connectivity index (χ0) is 14.0. The molecular formula is C14H17NO3S. The quantitative estimate of drug-likeness (QED) is 0.829. The van der Waals surface area contributed by atoms with Crippen LogP contribution in [0.5, 0.6) is 0 Å². The standard InChI is InChI=1S/C14H17NO3S/c1-9-2-4-10(5-3-9)12(7-14(17)18)15-8-11(19)6-13(15)16/h2-5,11-12,19H,6-8H2,1H3,(H,17,18). The van der Waals surface area contributed by atoms with Crippen LogP contribution in [-0.4, -0.2) is 33.7 Å². The Kier molecular flexibility index (Phi) is 4.14. The van der Waals surface area contributed by atoms with Crippen LogP contribution >= 0.6 is 12.6 Å². The van der Waals surface area contributed by atoms with Crippen molar-refractivity contribution in [2.45, 2.75) is 31.1 Å². The van der Waals surface area contributed by atoms with Crippen molar-refractivity contribution in [2.24, 2.45) is 0 Å². The van der Waals surface area contributed by atoms with Crippen molar-refractivity contribution >= 4 is 24.5 Å². The molecule has 1 amide bonds. The highest BCUT2D eigenvalue weighted by atomic mass is 32.1. The van der Waals surface area contributed by atoms with Gasteiger partial charge in [-0.25, -0.2) is 0 Å². The third kappa shape index (κ3) is 3.29. The number of carboxylic acids is 1. The van der Waals surface area contributed by atoms with Crippen molar-refractivity contribution in [3.63, 3.8) is 0 Å². The first-order chi connectivity index (χ1) is 8.97. The number of carboxylic acid groups (broad SMARTS) is 1. The number of aliphatic carboxylic acids is 1. The fourth-order valence-electron chi connectivity index (χ4n) is 2.38. The molecule has 0 spiro atoms. The molecule has 1 N–H and O–H groups in total. The monoisotopic (exact) mass is 279 g/mol. The molecule has 0 aromatic heterocycles. The summed E-state index contributed by atoms with van der Waals surface area (Å²) in [6, 6.07) is 7.25. The van der Waals surface area contributed by atoms with Gasteiger partial charge >= 0.3 is 5.97 Å². The average Bonchev–Trinajstić information content (AvgIpc) is 2.66. The number of carbonyl (C=O) groups is 2. The van der Waals surface area contributed by atoms with Crippen molar-refractivity contribution in [3.05, 3.63) is 35.4 Å². The molecule has 1 aromatic rings. The largest absolute Gasteiger partial charge is 0.481 e. The fraction of sp³-hybridized carbons (Fsp3) is 0.429. The number of nitrogens with zero attached hydrogens (tertiary/aromatic N) is 1. The van der Waals surface area contributed by atoms with Gasteiger partial charge in [0.1, 0.15) is 0 Å². The minimum absolute atomic E-state index is 0.00533. The maximum Gasteiger partial charge on any atom is 0.305 e. The molecule has 1 heterocycles. The number of hydrogen-bond acceptors (Lipinski definition) is 3. The van der Waals surface area contributed by atoms with E-state index in [1.54, 1.807) is 4.90 Å². The maximum absolute atomic E-state index is 11.9. The van der Waals surface area contributed by atoms with Crippen molar-refractivity contribution in [2.75, 3.05) is 6.54 Å². The highest BCUT2D eigenvalue weighted by Crippen LogP contribution is 2.30. The molecule has 5 heteroatoms. The summed E-state index contributed by atoms with van der Waals surface area (Å²) < 4.78 is 0. The summed E-state index contributed by atoms with van der Waals surface area (Å²) in [6.45, 7) is 2.48. The molecular weight excluding hydrogens is 262 g/mol. The van der Waals surface area contributed by atoms with Crippen LogP contribution in [0, 0.1) is 6.92 Å². The molecule has 1 aromatic carbocycles. The molecule has 19 heavy (non-hydrogen) atoms. The molecule has 102 valence electrons. The van der Waals surface area contributed by atoms with Gasteiger partial charge in [-0.05, 0) is 12.5 Å². The molecule has 0 saturated carbocycles. The molecule has 1 aliphatic rings. The Bertz CT molecular complexity index is 486. The summed E-state index contributed by atoms with van der Waals surface area (Å²) >= 11 is 4.32. The highest BCUT2D eigenvalue weighted by Gasteiger charge is 2.34. The summed E-state index contributed by atoms with van der Waals surface area (Å²) in [6.07, 6.45) is 0.306. The second-order valence-corrected chi connectivity index (χ2v) is 5.66. The Hall–Kier alpha value is -1.49. The van der Waals surface area contributed by atoms with Crippen LogP contribution in [0.2, 0.25) is 0 Å². The van der Waals surface area contributed by atoms with E-state index in [1.165, 1.54) is 0 Å². The van der Waals surface area contributed by atoms with Gasteiger partial charge in [0.05, 0.1) is 12.5 Å². The lowest BCUT2D eigenvalue weighted by Crippen LogP contribution is -2.32. The summed E-state index contributed by atoms with van der Waals surface area (Å²) in [5.74, 6) is -0.923.